The second-order valence-corrected chi connectivity index (χ2v) is 6.26. The summed E-state index contributed by atoms with van der Waals surface area (Å²) in [5.41, 5.74) is 1.71. The van der Waals surface area contributed by atoms with Gasteiger partial charge in [0, 0.05) is 29.4 Å². The van der Waals surface area contributed by atoms with E-state index in [0.29, 0.717) is 22.6 Å². The van der Waals surface area contributed by atoms with Gasteiger partial charge in [-0.2, -0.15) is 0 Å². The molecule has 0 saturated heterocycles. The Morgan fingerprint density at radius 2 is 1.70 bits per heavy atom. The Bertz CT molecular complexity index is 932. The zero-order valence-corrected chi connectivity index (χ0v) is 15.1. The van der Waals surface area contributed by atoms with E-state index >= 15 is 0 Å². The topological polar surface area (TPSA) is 74.4 Å². The van der Waals surface area contributed by atoms with Crippen LogP contribution in [0.3, 0.4) is 0 Å². The molecule has 6 nitrogen and oxygen atoms in total. The van der Waals surface area contributed by atoms with Crippen molar-refractivity contribution in [2.75, 3.05) is 7.11 Å². The van der Waals surface area contributed by atoms with Gasteiger partial charge in [-0.1, -0.05) is 42.5 Å². The summed E-state index contributed by atoms with van der Waals surface area (Å²) < 4.78 is 6.99. The van der Waals surface area contributed by atoms with E-state index in [1.807, 2.05) is 29.9 Å². The van der Waals surface area contributed by atoms with Crippen LogP contribution < -0.4 is 4.74 Å². The Kier molecular flexibility index (Phi) is 5.35. The second-order valence-electron chi connectivity index (χ2n) is 6.26. The Hall–Kier alpha value is -3.41. The van der Waals surface area contributed by atoms with E-state index in [0.717, 1.165) is 0 Å². The fraction of sp³-hybridized carbons (Fsp3) is 0.190. The van der Waals surface area contributed by atoms with E-state index in [1.54, 1.807) is 61.7 Å². The van der Waals surface area contributed by atoms with Crippen LogP contribution in [0, 0.1) is 10.1 Å². The molecule has 138 valence electrons. The summed E-state index contributed by atoms with van der Waals surface area (Å²) in [6.07, 6.45) is 1.82. The lowest BCUT2D eigenvalue weighted by atomic mass is 9.84. The van der Waals surface area contributed by atoms with Gasteiger partial charge in [-0.15, -0.1) is 0 Å². The number of aryl methyl sites for hydroxylation is 1. The molecule has 27 heavy (non-hydrogen) atoms. The molecule has 0 spiro atoms. The smallest absolute Gasteiger partial charge is 0.286 e. The summed E-state index contributed by atoms with van der Waals surface area (Å²) >= 11 is 0. The number of carbonyl (C=O) groups is 1. The zero-order valence-electron chi connectivity index (χ0n) is 15.1. The predicted molar refractivity (Wildman–Crippen MR) is 102 cm³/mol. The first-order chi connectivity index (χ1) is 13.0. The molecule has 3 rings (SSSR count). The largest absolute Gasteiger partial charge is 0.497 e. The summed E-state index contributed by atoms with van der Waals surface area (Å²) in [5, 5.41) is 12.0. The van der Waals surface area contributed by atoms with E-state index in [1.165, 1.54) is 0 Å². The number of ketones is 1. The van der Waals surface area contributed by atoms with Gasteiger partial charge in [0.15, 0.2) is 0 Å². The van der Waals surface area contributed by atoms with Crippen molar-refractivity contribution in [3.05, 3.63) is 99.9 Å². The quantitative estimate of drug-likeness (QED) is 0.364. The van der Waals surface area contributed by atoms with Crippen molar-refractivity contribution in [1.29, 1.82) is 0 Å². The van der Waals surface area contributed by atoms with Gasteiger partial charge in [-0.3, -0.25) is 14.9 Å². The van der Waals surface area contributed by atoms with E-state index in [9.17, 15) is 14.9 Å². The third kappa shape index (κ3) is 3.74. The molecule has 0 bridgehead atoms. The molecular formula is C21H20N2O4. The van der Waals surface area contributed by atoms with Gasteiger partial charge in [0.2, 0.25) is 5.78 Å². The fourth-order valence-electron chi connectivity index (χ4n) is 3.27. The number of methoxy groups -OCH3 is 1. The molecule has 3 aromatic rings. The molecule has 0 N–H and O–H groups in total. The molecule has 1 heterocycles. The molecule has 0 saturated carbocycles. The third-order valence-corrected chi connectivity index (χ3v) is 4.65. The van der Waals surface area contributed by atoms with Crippen LogP contribution in [0.1, 0.15) is 27.5 Å². The SMILES string of the molecule is COc1ccc(C(c2cccn2C)C(C(=O)c2ccccc2)[N+](=O)[O-])cc1. The van der Waals surface area contributed by atoms with Gasteiger partial charge in [-0.05, 0) is 29.8 Å². The van der Waals surface area contributed by atoms with Crippen LogP contribution in [0.2, 0.25) is 0 Å². The van der Waals surface area contributed by atoms with E-state index in [2.05, 4.69) is 0 Å². The molecular weight excluding hydrogens is 344 g/mol. The van der Waals surface area contributed by atoms with Crippen LogP contribution in [-0.2, 0) is 7.05 Å². The van der Waals surface area contributed by atoms with Crippen molar-refractivity contribution in [1.82, 2.24) is 4.57 Å². The molecule has 0 aliphatic heterocycles. The minimum absolute atomic E-state index is 0.326. The maximum atomic E-state index is 13.1. The van der Waals surface area contributed by atoms with Crippen LogP contribution >= 0.6 is 0 Å². The van der Waals surface area contributed by atoms with Crippen molar-refractivity contribution in [3.8, 4) is 5.75 Å². The van der Waals surface area contributed by atoms with Crippen molar-refractivity contribution in [2.24, 2.45) is 7.05 Å². The lowest BCUT2D eigenvalue weighted by Crippen LogP contribution is -2.37. The van der Waals surface area contributed by atoms with Gasteiger partial charge in [0.1, 0.15) is 5.75 Å². The van der Waals surface area contributed by atoms with Crippen LogP contribution in [0.25, 0.3) is 0 Å². The number of rotatable bonds is 7. The number of Topliss-reactive ketones (excluding diaryl/α,β-unsaturated/α-hetero) is 1. The van der Waals surface area contributed by atoms with E-state index in [4.69, 9.17) is 4.74 Å². The minimum Gasteiger partial charge on any atom is -0.497 e. The normalized spacial score (nSPS) is 13.0. The highest BCUT2D eigenvalue weighted by Gasteiger charge is 2.42. The number of nitro groups is 1. The van der Waals surface area contributed by atoms with Crippen molar-refractivity contribution in [3.63, 3.8) is 0 Å². The highest BCUT2D eigenvalue weighted by Crippen LogP contribution is 2.32. The lowest BCUT2D eigenvalue weighted by molar-refractivity contribution is -0.507. The summed E-state index contributed by atoms with van der Waals surface area (Å²) in [4.78, 5) is 24.6. The van der Waals surface area contributed by atoms with Gasteiger partial charge >= 0.3 is 0 Å². The third-order valence-electron chi connectivity index (χ3n) is 4.65. The van der Waals surface area contributed by atoms with Gasteiger partial charge < -0.3 is 9.30 Å². The van der Waals surface area contributed by atoms with Crippen LogP contribution in [-0.4, -0.2) is 28.4 Å². The molecule has 0 aliphatic carbocycles. The average molecular weight is 364 g/mol. The molecule has 1 aromatic heterocycles. The fourth-order valence-corrected chi connectivity index (χ4v) is 3.27. The summed E-state index contributed by atoms with van der Waals surface area (Å²) in [6.45, 7) is 0. The van der Waals surface area contributed by atoms with Crippen LogP contribution in [0.4, 0.5) is 0 Å². The Morgan fingerprint density at radius 1 is 1.04 bits per heavy atom. The van der Waals surface area contributed by atoms with E-state index in [-0.39, 0.29) is 0 Å². The Balaban J connectivity index is 2.13. The summed E-state index contributed by atoms with van der Waals surface area (Å²) in [5.74, 6) is -0.586. The van der Waals surface area contributed by atoms with E-state index < -0.39 is 22.7 Å². The van der Waals surface area contributed by atoms with Crippen molar-refractivity contribution >= 4 is 5.78 Å². The number of ether oxygens (including phenoxy) is 1. The number of hydrogen-bond donors (Lipinski definition) is 0. The van der Waals surface area contributed by atoms with Gasteiger partial charge in [0.25, 0.3) is 6.04 Å². The number of carbonyl (C=O) groups excluding carboxylic acids is 1. The molecule has 2 atom stereocenters. The number of aromatic nitrogens is 1. The highest BCUT2D eigenvalue weighted by molar-refractivity contribution is 6.00. The van der Waals surface area contributed by atoms with Gasteiger partial charge in [0.05, 0.1) is 13.0 Å². The monoisotopic (exact) mass is 364 g/mol. The zero-order chi connectivity index (χ0) is 19.4. The molecule has 2 unspecified atom stereocenters. The van der Waals surface area contributed by atoms with Crippen molar-refractivity contribution < 1.29 is 14.5 Å². The molecule has 0 fully saturated rings. The Labute approximate surface area is 157 Å². The van der Waals surface area contributed by atoms with Crippen molar-refractivity contribution in [2.45, 2.75) is 12.0 Å². The average Bonchev–Trinajstić information content (AvgIpc) is 3.11. The maximum Gasteiger partial charge on any atom is 0.286 e. The summed E-state index contributed by atoms with van der Waals surface area (Å²) in [7, 11) is 3.37. The van der Waals surface area contributed by atoms with Crippen LogP contribution in [0.15, 0.2) is 72.9 Å². The van der Waals surface area contributed by atoms with Crippen LogP contribution in [0.5, 0.6) is 5.75 Å². The minimum atomic E-state index is -1.44. The predicted octanol–water partition coefficient (Wildman–Crippen LogP) is 3.69. The first kappa shape index (κ1) is 18.4. The number of benzene rings is 2. The number of hydrogen-bond acceptors (Lipinski definition) is 4. The molecule has 0 radical (unpaired) electrons. The lowest BCUT2D eigenvalue weighted by Gasteiger charge is -2.22. The first-order valence-electron chi connectivity index (χ1n) is 8.51. The standard InChI is InChI=1S/C21H20N2O4/c1-22-14-6-9-18(22)19(15-10-12-17(27-2)13-11-15)20(23(25)26)21(24)16-7-4-3-5-8-16/h3-14,19-20H,1-2H3. The molecule has 6 heteroatoms. The molecule has 0 aliphatic rings. The first-order valence-corrected chi connectivity index (χ1v) is 8.51. The Morgan fingerprint density at radius 3 is 2.22 bits per heavy atom. The maximum absolute atomic E-state index is 13.1. The summed E-state index contributed by atoms with van der Waals surface area (Å²) in [6, 6.07) is 17.6. The molecule has 0 amide bonds. The van der Waals surface area contributed by atoms with Gasteiger partial charge in [-0.25, -0.2) is 0 Å². The number of nitrogens with zero attached hydrogens (tertiary/aromatic N) is 2. The second kappa shape index (κ2) is 7.86. The molecule has 2 aromatic carbocycles. The highest BCUT2D eigenvalue weighted by atomic mass is 16.6.